The van der Waals surface area contributed by atoms with E-state index in [0.717, 1.165) is 5.56 Å². The lowest BCUT2D eigenvalue weighted by atomic mass is 9.77. The number of hydrogen-bond acceptors (Lipinski definition) is 5. The number of likely N-dealkylation sites (tertiary alicyclic amines) is 1. The van der Waals surface area contributed by atoms with Gasteiger partial charge in [0.05, 0.1) is 30.6 Å². The molecule has 0 saturated carbocycles. The van der Waals surface area contributed by atoms with Gasteiger partial charge in [-0.05, 0) is 25.8 Å². The van der Waals surface area contributed by atoms with E-state index in [1.165, 1.54) is 4.90 Å². The van der Waals surface area contributed by atoms with Crippen molar-refractivity contribution >= 4 is 17.7 Å². The second-order valence-corrected chi connectivity index (χ2v) is 10.5. The normalized spacial score (nSPS) is 32.5. The quantitative estimate of drug-likeness (QED) is 0.610. The summed E-state index contributed by atoms with van der Waals surface area (Å²) in [5.41, 5.74) is -0.252. The molecule has 1 N–H and O–H groups in total. The van der Waals surface area contributed by atoms with Gasteiger partial charge >= 0.3 is 0 Å². The van der Waals surface area contributed by atoms with E-state index in [9.17, 15) is 19.5 Å². The minimum atomic E-state index is -1.26. The number of hydrogen-bond donors (Lipinski definition) is 1. The molecule has 1 aromatic rings. The molecule has 4 aliphatic heterocycles. The highest BCUT2D eigenvalue weighted by Crippen LogP contribution is 2.54. The summed E-state index contributed by atoms with van der Waals surface area (Å²) < 4.78 is 6.64. The summed E-state index contributed by atoms with van der Waals surface area (Å²) >= 11 is 0. The summed E-state index contributed by atoms with van der Waals surface area (Å²) in [6, 6.07) is 8.24. The van der Waals surface area contributed by atoms with Crippen LogP contribution in [-0.4, -0.2) is 87.1 Å². The van der Waals surface area contributed by atoms with Crippen molar-refractivity contribution in [3.8, 4) is 0 Å². The van der Waals surface area contributed by atoms with Crippen LogP contribution in [0.1, 0.15) is 32.8 Å². The highest BCUT2D eigenvalue weighted by molar-refractivity contribution is 6.00. The second kappa shape index (κ2) is 9.48. The lowest BCUT2D eigenvalue weighted by molar-refractivity contribution is -0.152. The van der Waals surface area contributed by atoms with Gasteiger partial charge in [-0.2, -0.15) is 0 Å². The monoisotopic (exact) mass is 493 g/mol. The maximum absolute atomic E-state index is 14.2. The van der Waals surface area contributed by atoms with Gasteiger partial charge in [-0.1, -0.05) is 61.6 Å². The summed E-state index contributed by atoms with van der Waals surface area (Å²) in [5.74, 6) is -2.22. The minimum Gasteiger partial charge on any atom is -0.394 e. The molecule has 1 spiro atoms. The van der Waals surface area contributed by atoms with Crippen LogP contribution in [0.25, 0.3) is 0 Å². The average molecular weight is 494 g/mol. The molecule has 4 heterocycles. The summed E-state index contributed by atoms with van der Waals surface area (Å²) in [6.45, 7) is 6.77. The molecule has 0 aliphatic carbocycles. The first-order valence-corrected chi connectivity index (χ1v) is 12.9. The van der Waals surface area contributed by atoms with Crippen molar-refractivity contribution in [2.24, 2.45) is 11.8 Å². The predicted octanol–water partition coefficient (Wildman–Crippen LogP) is 1.74. The van der Waals surface area contributed by atoms with Crippen LogP contribution in [0.2, 0.25) is 0 Å². The largest absolute Gasteiger partial charge is 0.394 e. The molecule has 2 fully saturated rings. The van der Waals surface area contributed by atoms with Gasteiger partial charge in [0, 0.05) is 25.7 Å². The van der Waals surface area contributed by atoms with Crippen molar-refractivity contribution in [2.45, 2.75) is 63.6 Å². The molecule has 8 heteroatoms. The Hall–Kier alpha value is -2.97. The molecule has 5 rings (SSSR count). The summed E-state index contributed by atoms with van der Waals surface area (Å²) in [7, 11) is 0. The van der Waals surface area contributed by atoms with Crippen molar-refractivity contribution in [3.05, 3.63) is 60.2 Å². The smallest absolute Gasteiger partial charge is 0.249 e. The third-order valence-electron chi connectivity index (χ3n) is 8.13. The first-order chi connectivity index (χ1) is 17.3. The molecule has 2 saturated heterocycles. The maximum atomic E-state index is 14.2. The molecule has 3 amide bonds. The number of rotatable bonds is 6. The van der Waals surface area contributed by atoms with Crippen LogP contribution in [-0.2, 0) is 25.7 Å². The molecule has 1 aromatic carbocycles. The number of aliphatic hydroxyl groups excluding tert-OH is 1. The molecule has 192 valence electrons. The zero-order chi connectivity index (χ0) is 25.6. The molecule has 36 heavy (non-hydrogen) atoms. The van der Waals surface area contributed by atoms with Crippen molar-refractivity contribution in [1.82, 2.24) is 14.7 Å². The van der Waals surface area contributed by atoms with Gasteiger partial charge in [0.15, 0.2) is 0 Å². The Balaban J connectivity index is 1.58. The maximum Gasteiger partial charge on any atom is 0.249 e. The van der Waals surface area contributed by atoms with E-state index in [1.807, 2.05) is 75.4 Å². The number of benzene rings is 1. The summed E-state index contributed by atoms with van der Waals surface area (Å²) in [6.07, 6.45) is 7.43. The fourth-order valence-electron chi connectivity index (χ4n) is 6.36. The van der Waals surface area contributed by atoms with Gasteiger partial charge in [-0.25, -0.2) is 0 Å². The van der Waals surface area contributed by atoms with Crippen LogP contribution in [0.3, 0.4) is 0 Å². The molecule has 0 aromatic heterocycles. The Bertz CT molecular complexity index is 1080. The van der Waals surface area contributed by atoms with Crippen LogP contribution in [0.15, 0.2) is 54.6 Å². The minimum absolute atomic E-state index is 0.0720. The Kier molecular flexibility index (Phi) is 6.51. The van der Waals surface area contributed by atoms with Gasteiger partial charge in [0.1, 0.15) is 11.6 Å². The van der Waals surface area contributed by atoms with E-state index in [2.05, 4.69) is 0 Å². The second-order valence-electron chi connectivity index (χ2n) is 10.5. The predicted molar refractivity (Wildman–Crippen MR) is 133 cm³/mol. The Morgan fingerprint density at radius 1 is 1.06 bits per heavy atom. The number of carbonyl (C=O) groups excluding carboxylic acids is 3. The third-order valence-corrected chi connectivity index (χ3v) is 8.13. The van der Waals surface area contributed by atoms with Crippen LogP contribution in [0.5, 0.6) is 0 Å². The van der Waals surface area contributed by atoms with Crippen molar-refractivity contribution in [3.63, 3.8) is 0 Å². The molecule has 1 unspecified atom stereocenters. The Morgan fingerprint density at radius 2 is 1.81 bits per heavy atom. The Morgan fingerprint density at radius 3 is 2.47 bits per heavy atom. The van der Waals surface area contributed by atoms with E-state index in [-0.39, 0.29) is 30.4 Å². The van der Waals surface area contributed by atoms with Crippen molar-refractivity contribution in [2.75, 3.05) is 19.7 Å². The highest BCUT2D eigenvalue weighted by Gasteiger charge is 2.72. The van der Waals surface area contributed by atoms with Crippen LogP contribution < -0.4 is 0 Å². The summed E-state index contributed by atoms with van der Waals surface area (Å²) in [5, 5.41) is 10.2. The molecule has 6 atom stereocenters. The highest BCUT2D eigenvalue weighted by atomic mass is 16.5. The fourth-order valence-corrected chi connectivity index (χ4v) is 6.36. The molecule has 4 aliphatic rings. The number of aliphatic hydroxyl groups is 1. The van der Waals surface area contributed by atoms with E-state index in [0.29, 0.717) is 26.1 Å². The zero-order valence-electron chi connectivity index (χ0n) is 21.1. The standard InChI is InChI=1S/C28H35N3O5/c1-4-20(17-32)31-24-27(35)30(18(2)3)15-9-13-28(24)23(26(31)34)22-21(36-28)12-8-14-29(25(22)33)16-19-10-6-5-7-11-19/h5-13,18,20-24,32H,4,14-17H2,1-3H3/t20-,21-,22+,23-,24?,28-/m0/s1. The van der Waals surface area contributed by atoms with Crippen molar-refractivity contribution < 1.29 is 24.2 Å². The number of ether oxygens (including phenoxy) is 1. The van der Waals surface area contributed by atoms with E-state index in [1.54, 1.807) is 9.80 Å². The number of carbonyl (C=O) groups is 3. The van der Waals surface area contributed by atoms with E-state index < -0.39 is 35.6 Å². The van der Waals surface area contributed by atoms with Crippen LogP contribution >= 0.6 is 0 Å². The number of fused-ring (bicyclic) bond motifs is 2. The van der Waals surface area contributed by atoms with E-state index in [4.69, 9.17) is 4.74 Å². The van der Waals surface area contributed by atoms with Gasteiger partial charge < -0.3 is 24.5 Å². The van der Waals surface area contributed by atoms with E-state index >= 15 is 0 Å². The third kappa shape index (κ3) is 3.69. The van der Waals surface area contributed by atoms with Crippen LogP contribution in [0, 0.1) is 11.8 Å². The number of nitrogens with zero attached hydrogens (tertiary/aromatic N) is 3. The van der Waals surface area contributed by atoms with Gasteiger partial charge in [0.25, 0.3) is 0 Å². The zero-order valence-corrected chi connectivity index (χ0v) is 21.1. The average Bonchev–Trinajstić information content (AvgIpc) is 3.18. The molecular formula is C28H35N3O5. The van der Waals surface area contributed by atoms with Gasteiger partial charge in [-0.15, -0.1) is 0 Å². The van der Waals surface area contributed by atoms with Gasteiger partial charge in [0.2, 0.25) is 17.7 Å². The fraction of sp³-hybridized carbons (Fsp3) is 0.536. The molecule has 8 nitrogen and oxygen atoms in total. The SMILES string of the molecule is CC[C@@H](CO)N1C(=O)[C@@H]2[C@@H]3C(=O)N(Cc4ccccc4)CC=C[C@@H]3O[C@@]23C=CCN(C(C)C)C(=O)C13. The Labute approximate surface area is 212 Å². The van der Waals surface area contributed by atoms with Gasteiger partial charge in [-0.3, -0.25) is 14.4 Å². The first kappa shape index (κ1) is 24.7. The number of amides is 3. The first-order valence-electron chi connectivity index (χ1n) is 12.9. The molecule has 0 radical (unpaired) electrons. The topological polar surface area (TPSA) is 90.4 Å². The lowest BCUT2D eigenvalue weighted by Gasteiger charge is -2.39. The van der Waals surface area contributed by atoms with Crippen molar-refractivity contribution in [1.29, 1.82) is 0 Å². The van der Waals surface area contributed by atoms with Crippen LogP contribution in [0.4, 0.5) is 0 Å². The summed E-state index contributed by atoms with van der Waals surface area (Å²) in [4.78, 5) is 47.2. The molecular weight excluding hydrogens is 458 g/mol. The lowest BCUT2D eigenvalue weighted by Crippen LogP contribution is -2.58. The molecule has 0 bridgehead atoms.